The van der Waals surface area contributed by atoms with Gasteiger partial charge in [-0.1, -0.05) is 6.07 Å². The Morgan fingerprint density at radius 2 is 1.80 bits per heavy atom. The van der Waals surface area contributed by atoms with Gasteiger partial charge >= 0.3 is 0 Å². The van der Waals surface area contributed by atoms with E-state index >= 15 is 0 Å². The van der Waals surface area contributed by atoms with E-state index in [-0.39, 0.29) is 11.6 Å². The number of nitrogens with zero attached hydrogens (tertiary/aromatic N) is 5. The van der Waals surface area contributed by atoms with Gasteiger partial charge in [0.2, 0.25) is 5.95 Å². The van der Waals surface area contributed by atoms with Gasteiger partial charge in [-0.3, -0.25) is 9.36 Å². The van der Waals surface area contributed by atoms with Crippen LogP contribution in [0, 0.1) is 5.92 Å². The summed E-state index contributed by atoms with van der Waals surface area (Å²) < 4.78 is 1.91. The summed E-state index contributed by atoms with van der Waals surface area (Å²) in [5.74, 6) is 1.30. The van der Waals surface area contributed by atoms with E-state index in [0.717, 1.165) is 67.4 Å². The number of rotatable bonds is 5. The van der Waals surface area contributed by atoms with E-state index in [9.17, 15) is 9.90 Å². The fraction of sp³-hybridized carbons (Fsp3) is 0.593. The molecular formula is C27H36N6O2. The number of pyridine rings is 1. The highest BCUT2D eigenvalue weighted by Gasteiger charge is 2.31. The fourth-order valence-corrected chi connectivity index (χ4v) is 5.64. The van der Waals surface area contributed by atoms with Crippen LogP contribution in [0.5, 0.6) is 0 Å². The molecule has 2 N–H and O–H groups in total. The summed E-state index contributed by atoms with van der Waals surface area (Å²) in [5, 5.41) is 16.5. The molecule has 0 atom stereocenters. The summed E-state index contributed by atoms with van der Waals surface area (Å²) in [4.78, 5) is 28.3. The molecule has 1 saturated heterocycles. The van der Waals surface area contributed by atoms with Gasteiger partial charge in [-0.2, -0.15) is 4.98 Å². The van der Waals surface area contributed by atoms with Crippen molar-refractivity contribution in [3.8, 4) is 0 Å². The lowest BCUT2D eigenvalue weighted by molar-refractivity contribution is 0.0100. The van der Waals surface area contributed by atoms with Gasteiger partial charge in [0.05, 0.1) is 11.0 Å². The highest BCUT2D eigenvalue weighted by molar-refractivity contribution is 6.05. The van der Waals surface area contributed by atoms with E-state index in [1.165, 1.54) is 12.8 Å². The molecule has 0 unspecified atom stereocenters. The molecule has 1 aliphatic heterocycles. The fourth-order valence-electron chi connectivity index (χ4n) is 5.64. The highest BCUT2D eigenvalue weighted by Crippen LogP contribution is 2.37. The molecule has 8 nitrogen and oxygen atoms in total. The highest BCUT2D eigenvalue weighted by atomic mass is 16.3. The molecule has 8 heteroatoms. The number of anilines is 2. The Kier molecular flexibility index (Phi) is 5.68. The SMILES string of the molecule is CN1CCN(c2ccc3c(c2)c(=O)n([C@H]2CC[C@](C)(O)CC2)c2nc(NCC4CC4)ncc32)CC1. The maximum atomic E-state index is 14.1. The molecule has 6 rings (SSSR count). The third-order valence-corrected chi connectivity index (χ3v) is 8.25. The summed E-state index contributed by atoms with van der Waals surface area (Å²) in [5.41, 5.74) is 1.16. The van der Waals surface area contributed by atoms with Crippen molar-refractivity contribution in [2.75, 3.05) is 50.0 Å². The Balaban J connectivity index is 1.47. The number of piperazine rings is 1. The number of benzene rings is 1. The van der Waals surface area contributed by atoms with E-state index in [1.807, 2.05) is 17.7 Å². The first-order chi connectivity index (χ1) is 16.9. The molecule has 1 aromatic carbocycles. The van der Waals surface area contributed by atoms with Crippen LogP contribution in [-0.2, 0) is 0 Å². The van der Waals surface area contributed by atoms with E-state index in [2.05, 4.69) is 45.3 Å². The second kappa shape index (κ2) is 8.75. The van der Waals surface area contributed by atoms with Gasteiger partial charge in [0.15, 0.2) is 0 Å². The second-order valence-electron chi connectivity index (χ2n) is 11.2. The van der Waals surface area contributed by atoms with Crippen LogP contribution in [0.2, 0.25) is 0 Å². The van der Waals surface area contributed by atoms with E-state index in [0.29, 0.717) is 30.4 Å². The van der Waals surface area contributed by atoms with E-state index in [1.54, 1.807) is 0 Å². The maximum absolute atomic E-state index is 14.1. The lowest BCUT2D eigenvalue weighted by atomic mass is 9.83. The van der Waals surface area contributed by atoms with Crippen molar-refractivity contribution in [3.05, 3.63) is 34.7 Å². The minimum absolute atomic E-state index is 0.0156. The monoisotopic (exact) mass is 476 g/mol. The average Bonchev–Trinajstić information content (AvgIpc) is 3.68. The number of aliphatic hydroxyl groups is 1. The Morgan fingerprint density at radius 3 is 2.51 bits per heavy atom. The zero-order valence-corrected chi connectivity index (χ0v) is 20.8. The Bertz CT molecular complexity index is 1300. The minimum Gasteiger partial charge on any atom is -0.390 e. The van der Waals surface area contributed by atoms with Gasteiger partial charge in [0, 0.05) is 56.0 Å². The van der Waals surface area contributed by atoms with Gasteiger partial charge in [0.25, 0.3) is 5.56 Å². The number of aromatic nitrogens is 3. The van der Waals surface area contributed by atoms with Crippen molar-refractivity contribution >= 4 is 33.4 Å². The smallest absolute Gasteiger partial charge is 0.260 e. The zero-order chi connectivity index (χ0) is 24.2. The van der Waals surface area contributed by atoms with Gasteiger partial charge in [0.1, 0.15) is 5.65 Å². The Labute approximate surface area is 206 Å². The van der Waals surface area contributed by atoms with Crippen LogP contribution >= 0.6 is 0 Å². The summed E-state index contributed by atoms with van der Waals surface area (Å²) >= 11 is 0. The van der Waals surface area contributed by atoms with Crippen LogP contribution in [0.4, 0.5) is 11.6 Å². The molecule has 2 aliphatic carbocycles. The molecule has 186 valence electrons. The molecule has 2 aromatic heterocycles. The molecule has 0 bridgehead atoms. The number of fused-ring (bicyclic) bond motifs is 3. The quantitative estimate of drug-likeness (QED) is 0.546. The van der Waals surface area contributed by atoms with Crippen LogP contribution < -0.4 is 15.8 Å². The van der Waals surface area contributed by atoms with Crippen LogP contribution in [0.1, 0.15) is 51.5 Å². The van der Waals surface area contributed by atoms with Crippen molar-refractivity contribution in [2.24, 2.45) is 5.92 Å². The van der Waals surface area contributed by atoms with Crippen molar-refractivity contribution < 1.29 is 5.11 Å². The summed E-state index contributed by atoms with van der Waals surface area (Å²) in [6, 6.07) is 6.29. The van der Waals surface area contributed by atoms with Gasteiger partial charge < -0.3 is 20.2 Å². The molecule has 0 amide bonds. The zero-order valence-electron chi connectivity index (χ0n) is 20.8. The van der Waals surface area contributed by atoms with Crippen LogP contribution in [0.25, 0.3) is 21.8 Å². The maximum Gasteiger partial charge on any atom is 0.260 e. The predicted octanol–water partition coefficient (Wildman–Crippen LogP) is 3.38. The van der Waals surface area contributed by atoms with E-state index in [4.69, 9.17) is 4.98 Å². The first kappa shape index (κ1) is 22.7. The third-order valence-electron chi connectivity index (χ3n) is 8.25. The van der Waals surface area contributed by atoms with Crippen molar-refractivity contribution in [2.45, 2.75) is 57.1 Å². The topological polar surface area (TPSA) is 86.5 Å². The summed E-state index contributed by atoms with van der Waals surface area (Å²) in [6.45, 7) is 6.74. The lowest BCUT2D eigenvalue weighted by Crippen LogP contribution is -2.44. The molecule has 0 spiro atoms. The van der Waals surface area contributed by atoms with Gasteiger partial charge in [-0.15, -0.1) is 0 Å². The summed E-state index contributed by atoms with van der Waals surface area (Å²) in [6.07, 6.45) is 7.29. The standard InChI is InChI=1S/C27H36N6O2/c1-27(35)9-7-19(8-10-27)33-24-23(17-29-26(30-24)28-16-18-3-4-18)21-6-5-20(15-22(21)25(33)34)32-13-11-31(2)12-14-32/h5-6,15,17-19,35H,3-4,7-14,16H2,1-2H3,(H,28,29,30)/t19-,27-. The van der Waals surface area contributed by atoms with Gasteiger partial charge in [-0.05, 0) is 75.9 Å². The molecule has 3 heterocycles. The van der Waals surface area contributed by atoms with Crippen LogP contribution in [0.15, 0.2) is 29.2 Å². The third kappa shape index (κ3) is 4.49. The molecule has 35 heavy (non-hydrogen) atoms. The Hall–Kier alpha value is -2.71. The van der Waals surface area contributed by atoms with Crippen LogP contribution in [0.3, 0.4) is 0 Å². The normalized spacial score (nSPS) is 25.9. The second-order valence-corrected chi connectivity index (χ2v) is 11.2. The van der Waals surface area contributed by atoms with E-state index < -0.39 is 5.60 Å². The molecular weight excluding hydrogens is 440 g/mol. The lowest BCUT2D eigenvalue weighted by Gasteiger charge is -2.35. The van der Waals surface area contributed by atoms with Crippen LogP contribution in [-0.4, -0.2) is 69.9 Å². The predicted molar refractivity (Wildman–Crippen MR) is 140 cm³/mol. The molecule has 3 aliphatic rings. The Morgan fingerprint density at radius 1 is 1.06 bits per heavy atom. The summed E-state index contributed by atoms with van der Waals surface area (Å²) in [7, 11) is 2.15. The molecule has 2 saturated carbocycles. The number of hydrogen-bond donors (Lipinski definition) is 2. The molecule has 3 aromatic rings. The molecule has 0 radical (unpaired) electrons. The number of nitrogens with one attached hydrogen (secondary N) is 1. The van der Waals surface area contributed by atoms with Crippen molar-refractivity contribution in [3.63, 3.8) is 0 Å². The van der Waals surface area contributed by atoms with Crippen molar-refractivity contribution in [1.29, 1.82) is 0 Å². The minimum atomic E-state index is -0.659. The average molecular weight is 477 g/mol. The molecule has 3 fully saturated rings. The van der Waals surface area contributed by atoms with Gasteiger partial charge in [-0.25, -0.2) is 4.98 Å². The first-order valence-electron chi connectivity index (χ1n) is 13.1. The van der Waals surface area contributed by atoms with Crippen molar-refractivity contribution in [1.82, 2.24) is 19.4 Å². The first-order valence-corrected chi connectivity index (χ1v) is 13.1. The largest absolute Gasteiger partial charge is 0.390 e. The number of likely N-dealkylation sites (N-methyl/N-ethyl adjacent to an activating group) is 1. The number of hydrogen-bond acceptors (Lipinski definition) is 7.